The summed E-state index contributed by atoms with van der Waals surface area (Å²) in [5.41, 5.74) is 1.84. The highest BCUT2D eigenvalue weighted by Crippen LogP contribution is 2.22. The van der Waals surface area contributed by atoms with Crippen LogP contribution in [0.3, 0.4) is 0 Å². The van der Waals surface area contributed by atoms with Crippen molar-refractivity contribution < 1.29 is 4.63 Å². The van der Waals surface area contributed by atoms with Gasteiger partial charge in [0.1, 0.15) is 0 Å². The Kier molecular flexibility index (Phi) is 3.38. The number of nitrogens with zero attached hydrogens (tertiary/aromatic N) is 7. The number of hydrogen-bond donors (Lipinski definition) is 1. The average Bonchev–Trinajstić information content (AvgIpc) is 3.12. The van der Waals surface area contributed by atoms with Crippen molar-refractivity contribution in [1.82, 2.24) is 30.1 Å². The van der Waals surface area contributed by atoms with E-state index in [2.05, 4.69) is 35.3 Å². The molecule has 0 fully saturated rings. The van der Waals surface area contributed by atoms with E-state index < -0.39 is 0 Å². The SMILES string of the molecule is CCn1cc(CNc2nc3nonc3nc2N(C)C)cn1. The van der Waals surface area contributed by atoms with E-state index in [1.165, 1.54) is 0 Å². The van der Waals surface area contributed by atoms with Crippen LogP contribution in [0.15, 0.2) is 17.0 Å². The Morgan fingerprint density at radius 2 is 2.00 bits per heavy atom. The summed E-state index contributed by atoms with van der Waals surface area (Å²) < 4.78 is 6.53. The molecule has 0 bridgehead atoms. The maximum atomic E-state index is 4.65. The summed E-state index contributed by atoms with van der Waals surface area (Å²) in [6, 6.07) is 0. The molecule has 0 aliphatic heterocycles. The standard InChI is InChI=1S/C12H16N8O/c1-4-20-7-8(6-14-20)5-13-11-12(19(2)3)16-10-9(15-11)17-21-18-10/h6-7H,4-5H2,1-3H3,(H,13,15,17). The third kappa shape index (κ3) is 2.62. The third-order valence-corrected chi connectivity index (χ3v) is 2.99. The fourth-order valence-electron chi connectivity index (χ4n) is 1.92. The molecule has 0 aromatic carbocycles. The predicted octanol–water partition coefficient (Wildman–Crippen LogP) is 0.907. The summed E-state index contributed by atoms with van der Waals surface area (Å²) in [7, 11) is 3.79. The Bertz CT molecular complexity index is 747. The maximum Gasteiger partial charge on any atom is 0.245 e. The first-order valence-corrected chi connectivity index (χ1v) is 6.60. The Labute approximate surface area is 120 Å². The van der Waals surface area contributed by atoms with Crippen LogP contribution in [-0.4, -0.2) is 44.2 Å². The van der Waals surface area contributed by atoms with E-state index in [0.717, 1.165) is 12.1 Å². The number of hydrogen-bond acceptors (Lipinski definition) is 8. The number of anilines is 2. The highest BCUT2D eigenvalue weighted by molar-refractivity contribution is 5.73. The van der Waals surface area contributed by atoms with Crippen LogP contribution >= 0.6 is 0 Å². The summed E-state index contributed by atoms with van der Waals surface area (Å²) in [4.78, 5) is 10.6. The molecule has 110 valence electrons. The summed E-state index contributed by atoms with van der Waals surface area (Å²) >= 11 is 0. The lowest BCUT2D eigenvalue weighted by atomic mass is 10.3. The van der Waals surface area contributed by atoms with E-state index in [1.807, 2.05) is 43.0 Å². The van der Waals surface area contributed by atoms with Crippen LogP contribution in [0.5, 0.6) is 0 Å². The first kappa shape index (κ1) is 13.3. The van der Waals surface area contributed by atoms with Crippen molar-refractivity contribution in [2.24, 2.45) is 0 Å². The van der Waals surface area contributed by atoms with Gasteiger partial charge < -0.3 is 10.2 Å². The lowest BCUT2D eigenvalue weighted by Gasteiger charge is -2.15. The van der Waals surface area contributed by atoms with Crippen molar-refractivity contribution in [3.8, 4) is 0 Å². The summed E-state index contributed by atoms with van der Waals surface area (Å²) in [5, 5.41) is 14.9. The minimum Gasteiger partial charge on any atom is -0.363 e. The molecule has 3 heterocycles. The van der Waals surface area contributed by atoms with Crippen molar-refractivity contribution >= 4 is 22.9 Å². The second-order valence-electron chi connectivity index (χ2n) is 4.76. The second-order valence-corrected chi connectivity index (χ2v) is 4.76. The molecule has 0 amide bonds. The molecular formula is C12H16N8O. The molecule has 3 rings (SSSR count). The van der Waals surface area contributed by atoms with Gasteiger partial charge in [0.25, 0.3) is 0 Å². The zero-order chi connectivity index (χ0) is 14.8. The molecule has 0 unspecified atom stereocenters. The van der Waals surface area contributed by atoms with E-state index in [4.69, 9.17) is 0 Å². The number of fused-ring (bicyclic) bond motifs is 1. The molecule has 21 heavy (non-hydrogen) atoms. The van der Waals surface area contributed by atoms with E-state index in [-0.39, 0.29) is 0 Å². The van der Waals surface area contributed by atoms with Gasteiger partial charge in [-0.1, -0.05) is 0 Å². The van der Waals surface area contributed by atoms with Crippen LogP contribution in [-0.2, 0) is 13.1 Å². The highest BCUT2D eigenvalue weighted by atomic mass is 16.6. The number of aromatic nitrogens is 6. The normalized spacial score (nSPS) is 11.0. The van der Waals surface area contributed by atoms with Gasteiger partial charge in [-0.15, -0.1) is 0 Å². The Morgan fingerprint density at radius 3 is 2.67 bits per heavy atom. The van der Waals surface area contributed by atoms with Crippen LogP contribution in [0, 0.1) is 0 Å². The molecule has 3 aromatic heterocycles. The molecule has 3 aromatic rings. The fraction of sp³-hybridized carbons (Fsp3) is 0.417. The van der Waals surface area contributed by atoms with Gasteiger partial charge in [-0.3, -0.25) is 4.68 Å². The number of rotatable bonds is 5. The molecule has 0 aliphatic carbocycles. The summed E-state index contributed by atoms with van der Waals surface area (Å²) in [5.74, 6) is 1.31. The molecule has 0 saturated heterocycles. The molecule has 9 nitrogen and oxygen atoms in total. The van der Waals surface area contributed by atoms with Gasteiger partial charge in [0.15, 0.2) is 11.6 Å². The molecule has 0 atom stereocenters. The third-order valence-electron chi connectivity index (χ3n) is 2.99. The molecule has 9 heteroatoms. The van der Waals surface area contributed by atoms with Gasteiger partial charge in [0, 0.05) is 38.9 Å². The first-order chi connectivity index (χ1) is 10.2. The Morgan fingerprint density at radius 1 is 1.24 bits per heavy atom. The fourth-order valence-corrected chi connectivity index (χ4v) is 1.92. The minimum absolute atomic E-state index is 0.382. The largest absolute Gasteiger partial charge is 0.363 e. The van der Waals surface area contributed by atoms with Gasteiger partial charge in [-0.2, -0.15) is 5.10 Å². The number of aryl methyl sites for hydroxylation is 1. The molecule has 0 radical (unpaired) electrons. The highest BCUT2D eigenvalue weighted by Gasteiger charge is 2.14. The molecule has 0 saturated carbocycles. The molecule has 1 N–H and O–H groups in total. The van der Waals surface area contributed by atoms with Crippen molar-refractivity contribution in [1.29, 1.82) is 0 Å². The predicted molar refractivity (Wildman–Crippen MR) is 76.9 cm³/mol. The van der Waals surface area contributed by atoms with Crippen LogP contribution in [0.25, 0.3) is 11.3 Å². The second kappa shape index (κ2) is 5.35. The zero-order valence-corrected chi connectivity index (χ0v) is 12.1. The van der Waals surface area contributed by atoms with Crippen molar-refractivity contribution in [3.63, 3.8) is 0 Å². The monoisotopic (exact) mass is 288 g/mol. The topological polar surface area (TPSA) is 97.8 Å². The lowest BCUT2D eigenvalue weighted by Crippen LogP contribution is -2.15. The van der Waals surface area contributed by atoms with Crippen LogP contribution < -0.4 is 10.2 Å². The maximum absolute atomic E-state index is 4.65. The van der Waals surface area contributed by atoms with Gasteiger partial charge in [-0.05, 0) is 17.2 Å². The van der Waals surface area contributed by atoms with Crippen LogP contribution in [0.4, 0.5) is 11.6 Å². The minimum atomic E-state index is 0.382. The van der Waals surface area contributed by atoms with Crippen molar-refractivity contribution in [3.05, 3.63) is 18.0 Å². The zero-order valence-electron chi connectivity index (χ0n) is 12.1. The Hall–Kier alpha value is -2.71. The van der Waals surface area contributed by atoms with Gasteiger partial charge in [0.05, 0.1) is 6.20 Å². The van der Waals surface area contributed by atoms with E-state index in [1.54, 1.807) is 0 Å². The lowest BCUT2D eigenvalue weighted by molar-refractivity contribution is 0.314. The quantitative estimate of drug-likeness (QED) is 0.739. The van der Waals surface area contributed by atoms with Crippen LogP contribution in [0.1, 0.15) is 12.5 Å². The average molecular weight is 288 g/mol. The Balaban J connectivity index is 1.85. The van der Waals surface area contributed by atoms with Crippen LogP contribution in [0.2, 0.25) is 0 Å². The van der Waals surface area contributed by atoms with E-state index in [9.17, 15) is 0 Å². The molecule has 0 aliphatic rings. The summed E-state index contributed by atoms with van der Waals surface area (Å²) in [6.45, 7) is 3.50. The van der Waals surface area contributed by atoms with E-state index >= 15 is 0 Å². The van der Waals surface area contributed by atoms with Gasteiger partial charge >= 0.3 is 0 Å². The smallest absolute Gasteiger partial charge is 0.245 e. The van der Waals surface area contributed by atoms with Crippen molar-refractivity contribution in [2.45, 2.75) is 20.0 Å². The van der Waals surface area contributed by atoms with E-state index in [0.29, 0.717) is 29.5 Å². The molecular weight excluding hydrogens is 272 g/mol. The molecule has 0 spiro atoms. The van der Waals surface area contributed by atoms with Crippen molar-refractivity contribution in [2.75, 3.05) is 24.3 Å². The first-order valence-electron chi connectivity index (χ1n) is 6.60. The summed E-state index contributed by atoms with van der Waals surface area (Å²) in [6.07, 6.45) is 3.82. The van der Waals surface area contributed by atoms with Gasteiger partial charge in [0.2, 0.25) is 11.3 Å². The van der Waals surface area contributed by atoms with Gasteiger partial charge in [-0.25, -0.2) is 14.6 Å². The number of nitrogens with one attached hydrogen (secondary N) is 1.